The predicted octanol–water partition coefficient (Wildman–Crippen LogP) is 4.11. The van der Waals surface area contributed by atoms with Crippen LogP contribution in [0.5, 0.6) is 5.75 Å². The van der Waals surface area contributed by atoms with E-state index in [1.54, 1.807) is 37.6 Å². The van der Waals surface area contributed by atoms with Gasteiger partial charge in [-0.2, -0.15) is 0 Å². The molecule has 0 heterocycles. The normalized spacial score (nSPS) is 10.5. The van der Waals surface area contributed by atoms with Gasteiger partial charge in [-0.25, -0.2) is 0 Å². The Bertz CT molecular complexity index is 603. The number of hydrogen-bond acceptors (Lipinski definition) is 3. The molecule has 0 aliphatic rings. The van der Waals surface area contributed by atoms with Crippen LogP contribution in [0, 0.1) is 3.57 Å². The third kappa shape index (κ3) is 4.09. The first-order valence-corrected chi connectivity index (χ1v) is 7.14. The Morgan fingerprint density at radius 1 is 1.10 bits per heavy atom. The SMILES string of the molecule is COc1ccc(C(=O)C=CNc2ccc(I)cc2)cc1. The largest absolute Gasteiger partial charge is 0.497 e. The van der Waals surface area contributed by atoms with Crippen molar-refractivity contribution in [1.29, 1.82) is 0 Å². The van der Waals surface area contributed by atoms with E-state index in [1.807, 2.05) is 24.3 Å². The molecule has 0 aromatic heterocycles. The third-order valence-corrected chi connectivity index (χ3v) is 3.42. The number of benzene rings is 2. The van der Waals surface area contributed by atoms with E-state index in [9.17, 15) is 4.79 Å². The lowest BCUT2D eigenvalue weighted by Gasteiger charge is -2.01. The van der Waals surface area contributed by atoms with Crippen LogP contribution in [0.25, 0.3) is 0 Å². The number of ether oxygens (including phenoxy) is 1. The van der Waals surface area contributed by atoms with Crippen LogP contribution in [0.3, 0.4) is 0 Å². The third-order valence-electron chi connectivity index (χ3n) is 2.70. The molecule has 0 unspecified atom stereocenters. The zero-order chi connectivity index (χ0) is 14.4. The highest BCUT2D eigenvalue weighted by Gasteiger charge is 2.01. The standard InChI is InChI=1S/C16H14INO2/c1-20-15-8-2-12(3-9-15)16(19)10-11-18-14-6-4-13(17)5-7-14/h2-11,18H,1H3. The molecule has 0 spiro atoms. The Morgan fingerprint density at radius 3 is 2.35 bits per heavy atom. The fourth-order valence-corrected chi connectivity index (χ4v) is 1.97. The molecule has 0 saturated heterocycles. The fraction of sp³-hybridized carbons (Fsp3) is 0.0625. The van der Waals surface area contributed by atoms with E-state index in [1.165, 1.54) is 9.65 Å². The number of rotatable bonds is 5. The van der Waals surface area contributed by atoms with Crippen molar-refractivity contribution < 1.29 is 9.53 Å². The molecule has 0 atom stereocenters. The fourth-order valence-electron chi connectivity index (χ4n) is 1.61. The van der Waals surface area contributed by atoms with Gasteiger partial charge in [0.25, 0.3) is 0 Å². The van der Waals surface area contributed by atoms with Crippen LogP contribution >= 0.6 is 22.6 Å². The van der Waals surface area contributed by atoms with Crippen molar-refractivity contribution in [2.24, 2.45) is 0 Å². The average Bonchev–Trinajstić information content (AvgIpc) is 2.49. The summed E-state index contributed by atoms with van der Waals surface area (Å²) in [6, 6.07) is 15.0. The first kappa shape index (κ1) is 14.6. The number of methoxy groups -OCH3 is 1. The van der Waals surface area contributed by atoms with Crippen LogP contribution in [0.4, 0.5) is 5.69 Å². The molecule has 2 aromatic rings. The minimum atomic E-state index is -0.0503. The number of anilines is 1. The molecule has 20 heavy (non-hydrogen) atoms. The Hall–Kier alpha value is -1.82. The zero-order valence-electron chi connectivity index (χ0n) is 11.0. The van der Waals surface area contributed by atoms with E-state index in [4.69, 9.17) is 4.74 Å². The second kappa shape index (κ2) is 7.09. The van der Waals surface area contributed by atoms with Gasteiger partial charge in [0.05, 0.1) is 7.11 Å². The van der Waals surface area contributed by atoms with E-state index in [-0.39, 0.29) is 5.78 Å². The number of hydrogen-bond donors (Lipinski definition) is 1. The van der Waals surface area contributed by atoms with Gasteiger partial charge < -0.3 is 10.1 Å². The Morgan fingerprint density at radius 2 is 1.75 bits per heavy atom. The molecule has 0 fully saturated rings. The van der Waals surface area contributed by atoms with Gasteiger partial charge in [-0.1, -0.05) is 0 Å². The summed E-state index contributed by atoms with van der Waals surface area (Å²) >= 11 is 2.25. The zero-order valence-corrected chi connectivity index (χ0v) is 13.1. The van der Waals surface area contributed by atoms with Crippen molar-refractivity contribution in [1.82, 2.24) is 0 Å². The van der Waals surface area contributed by atoms with Crippen molar-refractivity contribution in [3.05, 3.63) is 69.9 Å². The molecule has 0 bridgehead atoms. The number of allylic oxidation sites excluding steroid dienone is 1. The van der Waals surface area contributed by atoms with Crippen molar-refractivity contribution in [2.45, 2.75) is 0 Å². The summed E-state index contributed by atoms with van der Waals surface area (Å²) in [6.07, 6.45) is 3.16. The summed E-state index contributed by atoms with van der Waals surface area (Å²) < 4.78 is 6.23. The molecule has 0 saturated carbocycles. The molecule has 3 nitrogen and oxygen atoms in total. The molecule has 102 valence electrons. The second-order valence-corrected chi connectivity index (χ2v) is 5.32. The van der Waals surface area contributed by atoms with Crippen molar-refractivity contribution in [3.8, 4) is 5.75 Å². The Labute approximate surface area is 131 Å². The molecule has 0 aliphatic carbocycles. The second-order valence-electron chi connectivity index (χ2n) is 4.08. The summed E-state index contributed by atoms with van der Waals surface area (Å²) in [7, 11) is 1.60. The molecule has 0 aliphatic heterocycles. The quantitative estimate of drug-likeness (QED) is 0.483. The van der Waals surface area contributed by atoms with Crippen LogP contribution in [0.2, 0.25) is 0 Å². The molecule has 2 aromatic carbocycles. The topological polar surface area (TPSA) is 38.3 Å². The van der Waals surface area contributed by atoms with Gasteiger partial charge in [0, 0.05) is 27.1 Å². The average molecular weight is 379 g/mol. The van der Waals surface area contributed by atoms with E-state index >= 15 is 0 Å². The van der Waals surface area contributed by atoms with Gasteiger partial charge in [0.15, 0.2) is 5.78 Å². The Balaban J connectivity index is 1.96. The van der Waals surface area contributed by atoms with E-state index in [2.05, 4.69) is 27.9 Å². The molecule has 1 N–H and O–H groups in total. The van der Waals surface area contributed by atoms with E-state index in [0.717, 1.165) is 11.4 Å². The van der Waals surface area contributed by atoms with Gasteiger partial charge in [-0.3, -0.25) is 4.79 Å². The molecular weight excluding hydrogens is 365 g/mol. The smallest absolute Gasteiger partial charge is 0.187 e. The van der Waals surface area contributed by atoms with E-state index < -0.39 is 0 Å². The van der Waals surface area contributed by atoms with Crippen molar-refractivity contribution >= 4 is 34.1 Å². The maximum Gasteiger partial charge on any atom is 0.187 e. The molecule has 4 heteroatoms. The molecule has 2 rings (SSSR count). The highest BCUT2D eigenvalue weighted by molar-refractivity contribution is 14.1. The first-order chi connectivity index (χ1) is 9.69. The monoisotopic (exact) mass is 379 g/mol. The van der Waals surface area contributed by atoms with Gasteiger partial charge in [-0.05, 0) is 71.1 Å². The maximum absolute atomic E-state index is 11.9. The van der Waals surface area contributed by atoms with Gasteiger partial charge in [0.2, 0.25) is 0 Å². The first-order valence-electron chi connectivity index (χ1n) is 6.06. The lowest BCUT2D eigenvalue weighted by molar-refractivity contribution is 0.104. The highest BCUT2D eigenvalue weighted by atomic mass is 127. The van der Waals surface area contributed by atoms with Crippen molar-refractivity contribution in [3.63, 3.8) is 0 Å². The van der Waals surface area contributed by atoms with Gasteiger partial charge in [-0.15, -0.1) is 0 Å². The van der Waals surface area contributed by atoms with Gasteiger partial charge >= 0.3 is 0 Å². The summed E-state index contributed by atoms with van der Waals surface area (Å²) in [5, 5.41) is 3.07. The maximum atomic E-state index is 11.9. The van der Waals surface area contributed by atoms with Crippen LogP contribution in [-0.2, 0) is 0 Å². The van der Waals surface area contributed by atoms with Crippen molar-refractivity contribution in [2.75, 3.05) is 12.4 Å². The number of halogens is 1. The number of ketones is 1. The lowest BCUT2D eigenvalue weighted by Crippen LogP contribution is -1.96. The number of nitrogens with one attached hydrogen (secondary N) is 1. The molecule has 0 amide bonds. The molecular formula is C16H14INO2. The Kier molecular flexibility index (Phi) is 5.17. The van der Waals surface area contributed by atoms with Gasteiger partial charge in [0.1, 0.15) is 5.75 Å². The summed E-state index contributed by atoms with van der Waals surface area (Å²) in [6.45, 7) is 0. The minimum Gasteiger partial charge on any atom is -0.497 e. The van der Waals surface area contributed by atoms with Crippen LogP contribution in [0.1, 0.15) is 10.4 Å². The predicted molar refractivity (Wildman–Crippen MR) is 89.2 cm³/mol. The lowest BCUT2D eigenvalue weighted by atomic mass is 10.1. The summed E-state index contributed by atoms with van der Waals surface area (Å²) in [5.41, 5.74) is 1.58. The number of carbonyl (C=O) groups is 1. The summed E-state index contributed by atoms with van der Waals surface area (Å²) in [4.78, 5) is 11.9. The summed E-state index contributed by atoms with van der Waals surface area (Å²) in [5.74, 6) is 0.688. The van der Waals surface area contributed by atoms with Crippen LogP contribution in [-0.4, -0.2) is 12.9 Å². The molecule has 0 radical (unpaired) electrons. The highest BCUT2D eigenvalue weighted by Crippen LogP contribution is 2.13. The number of carbonyl (C=O) groups excluding carboxylic acids is 1. The minimum absolute atomic E-state index is 0.0503. The van der Waals surface area contributed by atoms with Crippen LogP contribution < -0.4 is 10.1 Å². The van der Waals surface area contributed by atoms with Crippen LogP contribution in [0.15, 0.2) is 60.8 Å². The van der Waals surface area contributed by atoms with E-state index in [0.29, 0.717) is 5.56 Å².